The number of nitrogens with zero attached hydrogens (tertiary/aromatic N) is 1. The van der Waals surface area contributed by atoms with E-state index in [9.17, 15) is 0 Å². The predicted octanol–water partition coefficient (Wildman–Crippen LogP) is 1.51. The van der Waals surface area contributed by atoms with E-state index in [1.54, 1.807) is 13.8 Å². The Kier molecular flexibility index (Phi) is 74.7. The van der Waals surface area contributed by atoms with Gasteiger partial charge in [0.1, 0.15) is 0 Å². The Morgan fingerprint density at radius 2 is 0.944 bits per heavy atom. The van der Waals surface area contributed by atoms with Gasteiger partial charge in [0.25, 0.3) is 0 Å². The number of unbranched alkanes of at least 4 members (excludes halogenated alkanes) is 2. The van der Waals surface area contributed by atoms with Gasteiger partial charge in [-0.2, -0.15) is 0 Å². The van der Waals surface area contributed by atoms with Crippen LogP contribution in [0.2, 0.25) is 0 Å². The number of hydrogen-bond acceptors (Lipinski definition) is 3. The first-order chi connectivity index (χ1) is 8.05. The molecule has 0 atom stereocenters. The Morgan fingerprint density at radius 1 is 0.722 bits per heavy atom. The van der Waals surface area contributed by atoms with Crippen LogP contribution in [0.5, 0.6) is 0 Å². The molecular formula is C14H35MgNO2. The molecule has 0 bridgehead atoms. The fourth-order valence-corrected chi connectivity index (χ4v) is 0.577. The van der Waals surface area contributed by atoms with Gasteiger partial charge in [0.15, 0.2) is 0 Å². The summed E-state index contributed by atoms with van der Waals surface area (Å²) in [5.41, 5.74) is 0. The Balaban J connectivity index is -0.0000000429. The molecule has 3 nitrogen and oxygen atoms in total. The quantitative estimate of drug-likeness (QED) is 0.730. The van der Waals surface area contributed by atoms with Crippen molar-refractivity contribution in [3.63, 3.8) is 0 Å². The smallest absolute Gasteiger partial charge is 0.855 e. The molecule has 0 fully saturated rings. The molecule has 0 spiro atoms. The summed E-state index contributed by atoms with van der Waals surface area (Å²) < 4.78 is 0. The largest absolute Gasteiger partial charge is 2.00 e. The van der Waals surface area contributed by atoms with E-state index in [1.165, 1.54) is 19.3 Å². The molecule has 0 aromatic carbocycles. The maximum absolute atomic E-state index is 8.93. The van der Waals surface area contributed by atoms with Gasteiger partial charge in [0.05, 0.1) is 0 Å². The number of rotatable bonds is 4. The van der Waals surface area contributed by atoms with Gasteiger partial charge in [-0.1, -0.05) is 60.8 Å². The van der Waals surface area contributed by atoms with Crippen molar-refractivity contribution < 1.29 is 10.2 Å². The maximum atomic E-state index is 8.93. The molecule has 0 N–H and O–H groups in total. The molecule has 4 heteroatoms. The minimum atomic E-state index is 0. The monoisotopic (exact) mass is 273 g/mol. The van der Waals surface area contributed by atoms with Crippen molar-refractivity contribution in [2.75, 3.05) is 33.4 Å². The van der Waals surface area contributed by atoms with Crippen LogP contribution in [0.4, 0.5) is 0 Å². The Labute approximate surface area is 132 Å². The van der Waals surface area contributed by atoms with Crippen LogP contribution in [-0.2, 0) is 0 Å². The van der Waals surface area contributed by atoms with Crippen LogP contribution < -0.4 is 10.2 Å². The van der Waals surface area contributed by atoms with Gasteiger partial charge in [0, 0.05) is 0 Å². The second-order valence-electron chi connectivity index (χ2n) is 3.42. The molecule has 0 amide bonds. The third kappa shape index (κ3) is 92.3. The van der Waals surface area contributed by atoms with Gasteiger partial charge in [-0.3, -0.25) is 0 Å². The molecule has 0 rings (SSSR count). The van der Waals surface area contributed by atoms with E-state index in [1.807, 2.05) is 0 Å². The van der Waals surface area contributed by atoms with E-state index in [0.717, 1.165) is 13.1 Å². The molecule has 0 heterocycles. The molecule has 0 aliphatic heterocycles. The summed E-state index contributed by atoms with van der Waals surface area (Å²) in [6, 6.07) is 0. The van der Waals surface area contributed by atoms with E-state index >= 15 is 0 Å². The minimum absolute atomic E-state index is 0. The van der Waals surface area contributed by atoms with Gasteiger partial charge in [0.2, 0.25) is 0 Å². The molecule has 0 unspecified atom stereocenters. The molecule has 0 aliphatic carbocycles. The normalized spacial score (nSPS) is 7.67. The van der Waals surface area contributed by atoms with Crippen LogP contribution in [0.3, 0.4) is 0 Å². The molecule has 18 heavy (non-hydrogen) atoms. The third-order valence-corrected chi connectivity index (χ3v) is 1.79. The SMILES string of the molecule is CCCCC.CCN(C)CC.CC[O-].CC[O-].[Mg+2]. The third-order valence-electron chi connectivity index (χ3n) is 1.79. The average molecular weight is 274 g/mol. The van der Waals surface area contributed by atoms with Crippen LogP contribution in [0.1, 0.15) is 60.8 Å². The summed E-state index contributed by atoms with van der Waals surface area (Å²) in [5, 5.41) is 17.9. The van der Waals surface area contributed by atoms with Crippen LogP contribution in [0.25, 0.3) is 0 Å². The van der Waals surface area contributed by atoms with E-state index in [-0.39, 0.29) is 36.3 Å². The van der Waals surface area contributed by atoms with Crippen LogP contribution in [-0.4, -0.2) is 61.3 Å². The van der Waals surface area contributed by atoms with Crippen molar-refractivity contribution >= 4 is 23.1 Å². The van der Waals surface area contributed by atoms with Gasteiger partial charge >= 0.3 is 23.1 Å². The van der Waals surface area contributed by atoms with Gasteiger partial charge in [-0.05, 0) is 20.1 Å². The molecule has 0 aromatic rings. The Morgan fingerprint density at radius 3 is 0.944 bits per heavy atom. The zero-order chi connectivity index (χ0) is 14.5. The summed E-state index contributed by atoms with van der Waals surface area (Å²) in [6.07, 6.45) is 4.08. The molecule has 0 radical (unpaired) electrons. The fraction of sp³-hybridized carbons (Fsp3) is 1.00. The van der Waals surface area contributed by atoms with Crippen LogP contribution >= 0.6 is 0 Å². The van der Waals surface area contributed by atoms with Gasteiger partial charge in [-0.25, -0.2) is 0 Å². The first kappa shape index (κ1) is 31.2. The minimum Gasteiger partial charge on any atom is -0.855 e. The van der Waals surface area contributed by atoms with E-state index < -0.39 is 0 Å². The number of hydrogen-bond donors (Lipinski definition) is 0. The van der Waals surface area contributed by atoms with Crippen LogP contribution in [0.15, 0.2) is 0 Å². The summed E-state index contributed by atoms with van der Waals surface area (Å²) in [7, 11) is 2.11. The average Bonchev–Trinajstić information content (AvgIpc) is 2.32. The zero-order valence-corrected chi connectivity index (χ0v) is 15.3. The first-order valence-corrected chi connectivity index (χ1v) is 6.90. The van der Waals surface area contributed by atoms with Crippen molar-refractivity contribution in [3.8, 4) is 0 Å². The second-order valence-corrected chi connectivity index (χ2v) is 3.42. The maximum Gasteiger partial charge on any atom is 2.00 e. The topological polar surface area (TPSA) is 49.4 Å². The molecular weight excluding hydrogens is 238 g/mol. The zero-order valence-electron chi connectivity index (χ0n) is 13.9. The van der Waals surface area contributed by atoms with Gasteiger partial charge < -0.3 is 15.1 Å². The molecule has 0 saturated heterocycles. The van der Waals surface area contributed by atoms with Crippen molar-refractivity contribution in [3.05, 3.63) is 0 Å². The Hall–Kier alpha value is 0.646. The second kappa shape index (κ2) is 43.1. The fourth-order valence-electron chi connectivity index (χ4n) is 0.577. The van der Waals surface area contributed by atoms with Crippen molar-refractivity contribution in [2.24, 2.45) is 0 Å². The summed E-state index contributed by atoms with van der Waals surface area (Å²) >= 11 is 0. The van der Waals surface area contributed by atoms with E-state index in [2.05, 4.69) is 39.6 Å². The van der Waals surface area contributed by atoms with Gasteiger partial charge in [-0.15, -0.1) is 13.2 Å². The molecule has 110 valence electrons. The van der Waals surface area contributed by atoms with E-state index in [0.29, 0.717) is 0 Å². The Bertz CT molecular complexity index is 78.2. The molecule has 0 aromatic heterocycles. The summed E-state index contributed by atoms with van der Waals surface area (Å²) in [4.78, 5) is 2.25. The predicted molar refractivity (Wildman–Crippen MR) is 80.9 cm³/mol. The summed E-state index contributed by atoms with van der Waals surface area (Å²) in [5.74, 6) is 0. The summed E-state index contributed by atoms with van der Waals surface area (Å²) in [6.45, 7) is 14.2. The van der Waals surface area contributed by atoms with Crippen molar-refractivity contribution in [1.82, 2.24) is 4.90 Å². The van der Waals surface area contributed by atoms with Crippen molar-refractivity contribution in [2.45, 2.75) is 60.8 Å². The van der Waals surface area contributed by atoms with Crippen molar-refractivity contribution in [1.29, 1.82) is 0 Å². The standard InChI is InChI=1S/C5H13N.C5H12.2C2H5O.Mg/c1-4-6(3)5-2;1-3-5-4-2;2*1-2-3;/h4-5H2,1-3H3;3-5H2,1-2H3;2*2H2,1H3;/q;;2*-1;+2. The molecule has 0 saturated carbocycles. The van der Waals surface area contributed by atoms with E-state index in [4.69, 9.17) is 10.2 Å². The molecule has 0 aliphatic rings. The first-order valence-electron chi connectivity index (χ1n) is 6.90. The van der Waals surface area contributed by atoms with Crippen LogP contribution in [0, 0.1) is 0 Å².